The fourth-order valence-electron chi connectivity index (χ4n) is 3.49. The Balaban J connectivity index is 2.06. The number of amides is 2. The number of carbonyl (C=O) groups is 2. The first kappa shape index (κ1) is 28.0. The number of likely N-dealkylation sites (N-methyl/N-ethyl adjacent to an activating group) is 1. The molecule has 0 saturated carbocycles. The van der Waals surface area contributed by atoms with E-state index < -0.39 is 34.4 Å². The maximum absolute atomic E-state index is 13.7. The van der Waals surface area contributed by atoms with Gasteiger partial charge in [0.2, 0.25) is 11.8 Å². The topological polar surface area (TPSA) is 86.8 Å². The normalized spacial score (nSPS) is 12.0. The van der Waals surface area contributed by atoms with Crippen LogP contribution in [-0.4, -0.2) is 44.8 Å². The predicted octanol–water partition coefficient (Wildman–Crippen LogP) is 5.11. The smallest absolute Gasteiger partial charge is 0.264 e. The van der Waals surface area contributed by atoms with Gasteiger partial charge in [0.15, 0.2) is 0 Å². The standard InChI is InChI=1S/C25H24BrCl2N3O4S/c1-17(25(33)29-2)30(15-18-8-10-19(26)11-9-18)24(32)16-31(23-14-20(27)12-13-22(23)28)36(34,35)21-6-4-3-5-7-21/h3-14,17H,15-16H2,1-2H3,(H,29,33)/t17-/m1/s1. The molecule has 0 unspecified atom stereocenters. The van der Waals surface area contributed by atoms with Crippen molar-refractivity contribution in [3.05, 3.63) is 92.9 Å². The molecule has 0 bridgehead atoms. The number of sulfonamides is 1. The zero-order chi connectivity index (χ0) is 26.5. The summed E-state index contributed by atoms with van der Waals surface area (Å²) in [4.78, 5) is 27.5. The third-order valence-corrected chi connectivity index (χ3v) is 8.32. The molecule has 36 heavy (non-hydrogen) atoms. The van der Waals surface area contributed by atoms with Crippen LogP contribution in [0.15, 0.2) is 82.2 Å². The van der Waals surface area contributed by atoms with Crippen LogP contribution in [-0.2, 0) is 26.2 Å². The minimum atomic E-state index is -4.22. The molecule has 3 aromatic rings. The zero-order valence-electron chi connectivity index (χ0n) is 19.5. The molecule has 190 valence electrons. The van der Waals surface area contributed by atoms with Crippen LogP contribution in [0.2, 0.25) is 10.0 Å². The number of hydrogen-bond donors (Lipinski definition) is 1. The third-order valence-electron chi connectivity index (χ3n) is 5.47. The predicted molar refractivity (Wildman–Crippen MR) is 146 cm³/mol. The second-order valence-corrected chi connectivity index (χ2v) is 11.5. The molecule has 1 atom stereocenters. The van der Waals surface area contributed by atoms with Crippen molar-refractivity contribution >= 4 is 66.7 Å². The SMILES string of the molecule is CNC(=O)[C@@H](C)N(Cc1ccc(Br)cc1)C(=O)CN(c1cc(Cl)ccc1Cl)S(=O)(=O)c1ccccc1. The first-order valence-corrected chi connectivity index (χ1v) is 13.8. The van der Waals surface area contributed by atoms with E-state index in [4.69, 9.17) is 23.2 Å². The highest BCUT2D eigenvalue weighted by molar-refractivity contribution is 9.10. The summed E-state index contributed by atoms with van der Waals surface area (Å²) in [7, 11) is -2.74. The molecule has 0 aliphatic heterocycles. The van der Waals surface area contributed by atoms with Crippen LogP contribution in [0.1, 0.15) is 12.5 Å². The number of halogens is 3. The average Bonchev–Trinajstić information content (AvgIpc) is 2.87. The molecule has 0 spiro atoms. The van der Waals surface area contributed by atoms with Gasteiger partial charge in [0, 0.05) is 23.1 Å². The molecular formula is C25H24BrCl2N3O4S. The summed E-state index contributed by atoms with van der Waals surface area (Å²) in [6.45, 7) is 1.07. The van der Waals surface area contributed by atoms with E-state index >= 15 is 0 Å². The van der Waals surface area contributed by atoms with Gasteiger partial charge in [0.1, 0.15) is 12.6 Å². The van der Waals surface area contributed by atoms with Crippen LogP contribution in [0.4, 0.5) is 5.69 Å². The van der Waals surface area contributed by atoms with Crippen molar-refractivity contribution in [2.45, 2.75) is 24.4 Å². The van der Waals surface area contributed by atoms with E-state index in [1.165, 1.54) is 42.3 Å². The molecule has 1 N–H and O–H groups in total. The van der Waals surface area contributed by atoms with Crippen molar-refractivity contribution in [2.24, 2.45) is 0 Å². The molecule has 0 heterocycles. The van der Waals surface area contributed by atoms with Crippen LogP contribution in [0.5, 0.6) is 0 Å². The largest absolute Gasteiger partial charge is 0.357 e. The molecule has 7 nitrogen and oxygen atoms in total. The molecule has 11 heteroatoms. The van der Waals surface area contributed by atoms with E-state index in [9.17, 15) is 18.0 Å². The lowest BCUT2D eigenvalue weighted by Crippen LogP contribution is -2.50. The summed E-state index contributed by atoms with van der Waals surface area (Å²) < 4.78 is 29.1. The van der Waals surface area contributed by atoms with E-state index in [0.29, 0.717) is 0 Å². The van der Waals surface area contributed by atoms with Gasteiger partial charge >= 0.3 is 0 Å². The molecular weight excluding hydrogens is 589 g/mol. The minimum Gasteiger partial charge on any atom is -0.357 e. The number of anilines is 1. The van der Waals surface area contributed by atoms with Gasteiger partial charge in [-0.25, -0.2) is 8.42 Å². The molecule has 0 fully saturated rings. The maximum atomic E-state index is 13.7. The molecule has 0 aliphatic rings. The van der Waals surface area contributed by atoms with Gasteiger partial charge in [-0.2, -0.15) is 0 Å². The minimum absolute atomic E-state index is 0.0207. The molecule has 0 saturated heterocycles. The van der Waals surface area contributed by atoms with Gasteiger partial charge < -0.3 is 10.2 Å². The van der Waals surface area contributed by atoms with Crippen molar-refractivity contribution < 1.29 is 18.0 Å². The number of carbonyl (C=O) groups excluding carboxylic acids is 2. The second-order valence-electron chi connectivity index (χ2n) is 7.86. The number of benzene rings is 3. The summed E-state index contributed by atoms with van der Waals surface area (Å²) in [6, 6.07) is 18.5. The Bertz CT molecular complexity index is 1340. The Morgan fingerprint density at radius 3 is 2.25 bits per heavy atom. The van der Waals surface area contributed by atoms with E-state index in [0.717, 1.165) is 14.3 Å². The van der Waals surface area contributed by atoms with Gasteiger partial charge in [0.25, 0.3) is 10.0 Å². The molecule has 0 radical (unpaired) electrons. The van der Waals surface area contributed by atoms with Crippen LogP contribution >= 0.6 is 39.1 Å². The highest BCUT2D eigenvalue weighted by Gasteiger charge is 2.33. The van der Waals surface area contributed by atoms with Crippen LogP contribution in [0.3, 0.4) is 0 Å². The van der Waals surface area contributed by atoms with Crippen molar-refractivity contribution in [1.82, 2.24) is 10.2 Å². The van der Waals surface area contributed by atoms with E-state index in [1.54, 1.807) is 25.1 Å². The van der Waals surface area contributed by atoms with Crippen LogP contribution < -0.4 is 9.62 Å². The Kier molecular flexibility index (Phi) is 9.41. The molecule has 2 amide bonds. The molecule has 3 rings (SSSR count). The van der Waals surface area contributed by atoms with Gasteiger partial charge in [0.05, 0.1) is 15.6 Å². The Morgan fingerprint density at radius 1 is 1.00 bits per heavy atom. The highest BCUT2D eigenvalue weighted by Crippen LogP contribution is 2.33. The van der Waals surface area contributed by atoms with E-state index in [1.807, 2.05) is 24.3 Å². The average molecular weight is 613 g/mol. The van der Waals surface area contributed by atoms with Crippen molar-refractivity contribution in [3.63, 3.8) is 0 Å². The number of nitrogens with one attached hydrogen (secondary N) is 1. The molecule has 3 aromatic carbocycles. The Morgan fingerprint density at radius 2 is 1.64 bits per heavy atom. The summed E-state index contributed by atoms with van der Waals surface area (Å²) in [6.07, 6.45) is 0. The Hall–Kier alpha value is -2.59. The highest BCUT2D eigenvalue weighted by atomic mass is 79.9. The van der Waals surface area contributed by atoms with Crippen LogP contribution in [0, 0.1) is 0 Å². The van der Waals surface area contributed by atoms with Crippen molar-refractivity contribution in [2.75, 3.05) is 17.9 Å². The molecule has 0 aliphatic carbocycles. The summed E-state index contributed by atoms with van der Waals surface area (Å²) in [5, 5.41) is 2.89. The summed E-state index contributed by atoms with van der Waals surface area (Å²) >= 11 is 15.9. The lowest BCUT2D eigenvalue weighted by Gasteiger charge is -2.32. The first-order valence-electron chi connectivity index (χ1n) is 10.8. The lowest BCUT2D eigenvalue weighted by molar-refractivity contribution is -0.139. The fraction of sp³-hybridized carbons (Fsp3) is 0.200. The van der Waals surface area contributed by atoms with E-state index in [-0.39, 0.29) is 27.2 Å². The quantitative estimate of drug-likeness (QED) is 0.364. The maximum Gasteiger partial charge on any atom is 0.264 e. The van der Waals surface area contributed by atoms with Crippen molar-refractivity contribution in [1.29, 1.82) is 0 Å². The zero-order valence-corrected chi connectivity index (χ0v) is 23.4. The number of rotatable bonds is 9. The monoisotopic (exact) mass is 611 g/mol. The van der Waals surface area contributed by atoms with Gasteiger partial charge in [-0.15, -0.1) is 0 Å². The lowest BCUT2D eigenvalue weighted by atomic mass is 10.1. The molecule has 0 aromatic heterocycles. The van der Waals surface area contributed by atoms with Gasteiger partial charge in [-0.3, -0.25) is 13.9 Å². The Labute approximate surface area is 229 Å². The van der Waals surface area contributed by atoms with Gasteiger partial charge in [-0.05, 0) is 55.0 Å². The van der Waals surface area contributed by atoms with E-state index in [2.05, 4.69) is 21.2 Å². The fourth-order valence-corrected chi connectivity index (χ4v) is 5.63. The number of nitrogens with zero attached hydrogens (tertiary/aromatic N) is 2. The van der Waals surface area contributed by atoms with Gasteiger partial charge in [-0.1, -0.05) is 69.5 Å². The number of hydrogen-bond acceptors (Lipinski definition) is 4. The summed E-state index contributed by atoms with van der Waals surface area (Å²) in [5.74, 6) is -0.983. The second kappa shape index (κ2) is 12.1. The van der Waals surface area contributed by atoms with Crippen molar-refractivity contribution in [3.8, 4) is 0 Å². The summed E-state index contributed by atoms with van der Waals surface area (Å²) in [5.41, 5.74) is 0.818. The third kappa shape index (κ3) is 6.59. The van der Waals surface area contributed by atoms with Crippen LogP contribution in [0.25, 0.3) is 0 Å². The first-order chi connectivity index (χ1) is 17.0.